The fourth-order valence-electron chi connectivity index (χ4n) is 3.30. The van der Waals surface area contributed by atoms with Gasteiger partial charge in [-0.15, -0.1) is 11.3 Å². The minimum atomic E-state index is 0.141. The molecule has 0 aliphatic carbocycles. The number of hydrogen-bond acceptors (Lipinski definition) is 3. The SMILES string of the molecule is Cc1cccc(N2CCN(C(=O)c3sccc3-n3cccc3)CC2)c1. The predicted octanol–water partition coefficient (Wildman–Crippen LogP) is 3.81. The summed E-state index contributed by atoms with van der Waals surface area (Å²) in [5.41, 5.74) is 3.49. The summed E-state index contributed by atoms with van der Waals surface area (Å²) in [7, 11) is 0. The molecule has 1 amide bonds. The molecular weight excluding hydrogens is 330 g/mol. The number of hydrogen-bond donors (Lipinski definition) is 0. The van der Waals surface area contributed by atoms with Crippen LogP contribution in [0.25, 0.3) is 5.69 Å². The summed E-state index contributed by atoms with van der Waals surface area (Å²) in [5, 5.41) is 1.99. The first-order chi connectivity index (χ1) is 12.2. The molecule has 4 rings (SSSR count). The van der Waals surface area contributed by atoms with Crippen LogP contribution >= 0.6 is 11.3 Å². The molecule has 1 aromatic carbocycles. The molecule has 1 aliphatic rings. The summed E-state index contributed by atoms with van der Waals surface area (Å²) in [4.78, 5) is 18.1. The van der Waals surface area contributed by atoms with E-state index in [2.05, 4.69) is 36.1 Å². The van der Waals surface area contributed by atoms with Gasteiger partial charge in [-0.25, -0.2) is 0 Å². The summed E-state index contributed by atoms with van der Waals surface area (Å²) < 4.78 is 2.01. The number of anilines is 1. The number of carbonyl (C=O) groups is 1. The van der Waals surface area contributed by atoms with Crippen molar-refractivity contribution >= 4 is 22.9 Å². The van der Waals surface area contributed by atoms with Crippen molar-refractivity contribution in [3.8, 4) is 5.69 Å². The van der Waals surface area contributed by atoms with Gasteiger partial charge in [-0.2, -0.15) is 0 Å². The van der Waals surface area contributed by atoms with Crippen molar-refractivity contribution in [2.24, 2.45) is 0 Å². The highest BCUT2D eigenvalue weighted by molar-refractivity contribution is 7.12. The topological polar surface area (TPSA) is 28.5 Å². The van der Waals surface area contributed by atoms with Crippen LogP contribution in [0, 0.1) is 6.92 Å². The number of nitrogens with zero attached hydrogens (tertiary/aromatic N) is 3. The van der Waals surface area contributed by atoms with E-state index in [1.54, 1.807) is 0 Å². The molecule has 2 aromatic heterocycles. The van der Waals surface area contributed by atoms with Crippen LogP contribution in [0.5, 0.6) is 0 Å². The van der Waals surface area contributed by atoms with E-state index in [1.807, 2.05) is 45.4 Å². The second-order valence-electron chi connectivity index (χ2n) is 6.34. The van der Waals surface area contributed by atoms with Gasteiger partial charge in [-0.05, 0) is 48.2 Å². The summed E-state index contributed by atoms with van der Waals surface area (Å²) in [6.45, 7) is 5.38. The van der Waals surface area contributed by atoms with E-state index < -0.39 is 0 Å². The van der Waals surface area contributed by atoms with Gasteiger partial charge in [0, 0.05) is 44.3 Å². The number of aryl methyl sites for hydroxylation is 1. The lowest BCUT2D eigenvalue weighted by Gasteiger charge is -2.36. The molecule has 1 saturated heterocycles. The second kappa shape index (κ2) is 6.76. The summed E-state index contributed by atoms with van der Waals surface area (Å²) in [6, 6.07) is 14.5. The molecule has 5 heteroatoms. The highest BCUT2D eigenvalue weighted by atomic mass is 32.1. The van der Waals surface area contributed by atoms with Crippen LogP contribution in [-0.2, 0) is 0 Å². The zero-order valence-electron chi connectivity index (χ0n) is 14.3. The van der Waals surface area contributed by atoms with E-state index in [9.17, 15) is 4.79 Å². The Bertz CT molecular complexity index is 861. The molecule has 3 aromatic rings. The maximum absolute atomic E-state index is 13.0. The number of benzene rings is 1. The largest absolute Gasteiger partial charge is 0.368 e. The number of aromatic nitrogens is 1. The Hall–Kier alpha value is -2.53. The quantitative estimate of drug-likeness (QED) is 0.718. The van der Waals surface area contributed by atoms with E-state index in [4.69, 9.17) is 0 Å². The fraction of sp³-hybridized carbons (Fsp3) is 0.250. The Kier molecular flexibility index (Phi) is 4.32. The standard InChI is InChI=1S/C20H21N3OS/c1-16-5-4-6-17(15-16)21-10-12-23(13-11-21)20(24)19-18(7-14-25-19)22-8-2-3-9-22/h2-9,14-15H,10-13H2,1H3. The Balaban J connectivity index is 1.46. The second-order valence-corrected chi connectivity index (χ2v) is 7.26. The Morgan fingerprint density at radius 3 is 2.48 bits per heavy atom. The first-order valence-corrected chi connectivity index (χ1v) is 9.42. The predicted molar refractivity (Wildman–Crippen MR) is 103 cm³/mol. The third-order valence-corrected chi connectivity index (χ3v) is 5.55. The van der Waals surface area contributed by atoms with Gasteiger partial charge in [0.25, 0.3) is 5.91 Å². The Morgan fingerprint density at radius 1 is 1.00 bits per heavy atom. The van der Waals surface area contributed by atoms with Gasteiger partial charge in [0.05, 0.1) is 5.69 Å². The lowest BCUT2D eigenvalue weighted by Crippen LogP contribution is -2.48. The highest BCUT2D eigenvalue weighted by Crippen LogP contribution is 2.24. The number of rotatable bonds is 3. The molecule has 128 valence electrons. The molecule has 3 heterocycles. The van der Waals surface area contributed by atoms with Gasteiger partial charge in [0.1, 0.15) is 4.88 Å². The molecular formula is C20H21N3OS. The minimum Gasteiger partial charge on any atom is -0.368 e. The molecule has 0 radical (unpaired) electrons. The number of thiophene rings is 1. The molecule has 0 saturated carbocycles. The Morgan fingerprint density at radius 2 is 1.76 bits per heavy atom. The van der Waals surface area contributed by atoms with Gasteiger partial charge < -0.3 is 14.4 Å². The first-order valence-electron chi connectivity index (χ1n) is 8.54. The molecule has 0 bridgehead atoms. The van der Waals surface area contributed by atoms with Gasteiger partial charge in [0.2, 0.25) is 0 Å². The van der Waals surface area contributed by atoms with Crippen LogP contribution in [0.2, 0.25) is 0 Å². The van der Waals surface area contributed by atoms with Crippen LogP contribution in [0.4, 0.5) is 5.69 Å². The average Bonchev–Trinajstić information content (AvgIpc) is 3.32. The van der Waals surface area contributed by atoms with Crippen molar-refractivity contribution in [2.45, 2.75) is 6.92 Å². The molecule has 0 N–H and O–H groups in total. The van der Waals surface area contributed by atoms with E-state index in [0.717, 1.165) is 36.7 Å². The molecule has 0 spiro atoms. The van der Waals surface area contributed by atoms with Gasteiger partial charge >= 0.3 is 0 Å². The average molecular weight is 351 g/mol. The molecule has 0 unspecified atom stereocenters. The minimum absolute atomic E-state index is 0.141. The van der Waals surface area contributed by atoms with Crippen LogP contribution in [0.15, 0.2) is 60.2 Å². The monoisotopic (exact) mass is 351 g/mol. The lowest BCUT2D eigenvalue weighted by molar-refractivity contribution is 0.0751. The molecule has 25 heavy (non-hydrogen) atoms. The van der Waals surface area contributed by atoms with Crippen LogP contribution in [0.3, 0.4) is 0 Å². The number of amides is 1. The van der Waals surface area contributed by atoms with Crippen LogP contribution in [0.1, 0.15) is 15.2 Å². The maximum atomic E-state index is 13.0. The van der Waals surface area contributed by atoms with Crippen molar-refractivity contribution in [3.63, 3.8) is 0 Å². The molecule has 1 aliphatic heterocycles. The maximum Gasteiger partial charge on any atom is 0.266 e. The summed E-state index contributed by atoms with van der Waals surface area (Å²) >= 11 is 1.52. The summed E-state index contributed by atoms with van der Waals surface area (Å²) in [5.74, 6) is 0.141. The van der Waals surface area contributed by atoms with Crippen LogP contribution in [-0.4, -0.2) is 41.6 Å². The van der Waals surface area contributed by atoms with Crippen molar-refractivity contribution in [1.29, 1.82) is 0 Å². The normalized spacial score (nSPS) is 14.8. The zero-order chi connectivity index (χ0) is 17.2. The van der Waals surface area contributed by atoms with E-state index in [1.165, 1.54) is 22.6 Å². The van der Waals surface area contributed by atoms with Crippen molar-refractivity contribution < 1.29 is 4.79 Å². The summed E-state index contributed by atoms with van der Waals surface area (Å²) in [6.07, 6.45) is 3.96. The number of piperazine rings is 1. The van der Waals surface area contributed by atoms with Crippen molar-refractivity contribution in [2.75, 3.05) is 31.1 Å². The van der Waals surface area contributed by atoms with Gasteiger partial charge in [-0.1, -0.05) is 12.1 Å². The van der Waals surface area contributed by atoms with Crippen molar-refractivity contribution in [1.82, 2.24) is 9.47 Å². The van der Waals surface area contributed by atoms with Crippen molar-refractivity contribution in [3.05, 3.63) is 70.7 Å². The van der Waals surface area contributed by atoms with Gasteiger partial charge in [0.15, 0.2) is 0 Å². The fourth-order valence-corrected chi connectivity index (χ4v) is 4.15. The number of carbonyl (C=O) groups excluding carboxylic acids is 1. The molecule has 4 nitrogen and oxygen atoms in total. The highest BCUT2D eigenvalue weighted by Gasteiger charge is 2.25. The molecule has 1 fully saturated rings. The lowest BCUT2D eigenvalue weighted by atomic mass is 10.2. The van der Waals surface area contributed by atoms with E-state index in [-0.39, 0.29) is 5.91 Å². The van der Waals surface area contributed by atoms with E-state index in [0.29, 0.717) is 0 Å². The third-order valence-electron chi connectivity index (χ3n) is 4.65. The first kappa shape index (κ1) is 16.0. The molecule has 0 atom stereocenters. The third kappa shape index (κ3) is 3.20. The zero-order valence-corrected chi connectivity index (χ0v) is 15.1. The van der Waals surface area contributed by atoms with Crippen LogP contribution < -0.4 is 4.90 Å². The van der Waals surface area contributed by atoms with E-state index >= 15 is 0 Å². The smallest absolute Gasteiger partial charge is 0.266 e. The Labute approximate surface area is 151 Å². The van der Waals surface area contributed by atoms with Gasteiger partial charge in [-0.3, -0.25) is 4.79 Å².